The lowest BCUT2D eigenvalue weighted by Crippen LogP contribution is -2.25. The van der Waals surface area contributed by atoms with Crippen LogP contribution in [-0.4, -0.2) is 31.2 Å². The third kappa shape index (κ3) is 3.49. The van der Waals surface area contributed by atoms with Gasteiger partial charge in [-0.2, -0.15) is 4.68 Å². The lowest BCUT2D eigenvalue weighted by Gasteiger charge is -2.09. The van der Waals surface area contributed by atoms with Crippen molar-refractivity contribution in [3.63, 3.8) is 0 Å². The number of halogens is 2. The number of anilines is 1. The molecule has 0 bridgehead atoms. The summed E-state index contributed by atoms with van der Waals surface area (Å²) in [7, 11) is 0. The zero-order chi connectivity index (χ0) is 18.8. The molecule has 0 unspecified atom stereocenters. The lowest BCUT2D eigenvalue weighted by atomic mass is 10.1. The van der Waals surface area contributed by atoms with Gasteiger partial charge >= 0.3 is 0 Å². The van der Waals surface area contributed by atoms with Gasteiger partial charge in [-0.05, 0) is 33.9 Å². The first-order valence-corrected chi connectivity index (χ1v) is 8.40. The highest BCUT2D eigenvalue weighted by Gasteiger charge is 2.25. The molecule has 26 heavy (non-hydrogen) atoms. The average molecular weight is 396 g/mol. The third-order valence-corrected chi connectivity index (χ3v) is 4.34. The second-order valence-electron chi connectivity index (χ2n) is 5.79. The molecule has 3 aromatic rings. The van der Waals surface area contributed by atoms with Gasteiger partial charge in [-0.25, -0.2) is 4.63 Å². The van der Waals surface area contributed by atoms with Crippen LogP contribution >= 0.6 is 23.2 Å². The summed E-state index contributed by atoms with van der Waals surface area (Å²) < 4.78 is 5.94. The van der Waals surface area contributed by atoms with Crippen LogP contribution in [0.2, 0.25) is 10.0 Å². The fraction of sp³-hybridized carbons (Fsp3) is 0.267. The van der Waals surface area contributed by atoms with Gasteiger partial charge in [0.05, 0.1) is 15.7 Å². The maximum atomic E-state index is 12.6. The summed E-state index contributed by atoms with van der Waals surface area (Å²) in [6.45, 7) is 4.05. The van der Waals surface area contributed by atoms with E-state index in [2.05, 4.69) is 30.6 Å². The molecule has 0 aliphatic carbocycles. The molecule has 2 aromatic heterocycles. The van der Waals surface area contributed by atoms with E-state index in [9.17, 15) is 4.79 Å². The molecule has 9 nitrogen and oxygen atoms in total. The molecular weight excluding hydrogens is 381 g/mol. The van der Waals surface area contributed by atoms with Crippen molar-refractivity contribution < 1.29 is 9.42 Å². The first-order valence-electron chi connectivity index (χ1n) is 7.64. The van der Waals surface area contributed by atoms with Crippen LogP contribution in [0.5, 0.6) is 0 Å². The van der Waals surface area contributed by atoms with Crippen LogP contribution in [0.4, 0.5) is 5.82 Å². The van der Waals surface area contributed by atoms with Crippen LogP contribution in [0.3, 0.4) is 0 Å². The van der Waals surface area contributed by atoms with E-state index in [1.165, 1.54) is 4.68 Å². The molecule has 11 heteroatoms. The molecule has 0 atom stereocenters. The van der Waals surface area contributed by atoms with E-state index in [1.54, 1.807) is 18.2 Å². The molecule has 0 aliphatic rings. The summed E-state index contributed by atoms with van der Waals surface area (Å²) in [5, 5.41) is 18.8. The van der Waals surface area contributed by atoms with Gasteiger partial charge in [0.25, 0.3) is 5.91 Å². The number of nitrogens with two attached hydrogens (primary N) is 1. The van der Waals surface area contributed by atoms with E-state index < -0.39 is 0 Å². The first kappa shape index (κ1) is 18.2. The SMILES string of the molecule is CC(C)c1c(C(=O)NCc2ccc(Cl)c(Cl)c2)nnn1-c1nonc1N. The normalized spacial score (nSPS) is 11.1. The van der Waals surface area contributed by atoms with Crippen LogP contribution in [0, 0.1) is 0 Å². The third-order valence-electron chi connectivity index (χ3n) is 3.60. The fourth-order valence-electron chi connectivity index (χ4n) is 2.38. The monoisotopic (exact) mass is 395 g/mol. The Labute approximate surface area is 158 Å². The highest BCUT2D eigenvalue weighted by Crippen LogP contribution is 2.24. The van der Waals surface area contributed by atoms with E-state index in [-0.39, 0.29) is 35.7 Å². The number of aromatic nitrogens is 5. The number of hydrogen-bond acceptors (Lipinski definition) is 7. The van der Waals surface area contributed by atoms with Gasteiger partial charge in [0.1, 0.15) is 0 Å². The maximum absolute atomic E-state index is 12.6. The quantitative estimate of drug-likeness (QED) is 0.679. The van der Waals surface area contributed by atoms with Crippen LogP contribution in [0.25, 0.3) is 5.82 Å². The number of amides is 1. The molecule has 0 spiro atoms. The Hall–Kier alpha value is -2.65. The molecule has 0 saturated heterocycles. The summed E-state index contributed by atoms with van der Waals surface area (Å²) in [5.41, 5.74) is 7.22. The van der Waals surface area contributed by atoms with Crippen molar-refractivity contribution in [2.45, 2.75) is 26.3 Å². The summed E-state index contributed by atoms with van der Waals surface area (Å²) >= 11 is 11.9. The Bertz CT molecular complexity index is 951. The van der Waals surface area contributed by atoms with Crippen molar-refractivity contribution in [2.24, 2.45) is 0 Å². The molecular formula is C15H15Cl2N7O2. The minimum absolute atomic E-state index is 0.0552. The minimum Gasteiger partial charge on any atom is -0.378 e. The van der Waals surface area contributed by atoms with E-state index in [4.69, 9.17) is 28.9 Å². The first-order chi connectivity index (χ1) is 12.4. The smallest absolute Gasteiger partial charge is 0.274 e. The van der Waals surface area contributed by atoms with Crippen LogP contribution in [0.15, 0.2) is 22.8 Å². The molecule has 3 N–H and O–H groups in total. The summed E-state index contributed by atoms with van der Waals surface area (Å²) in [6.07, 6.45) is 0. The number of nitrogens with one attached hydrogen (secondary N) is 1. The Morgan fingerprint density at radius 2 is 2.08 bits per heavy atom. The topological polar surface area (TPSA) is 125 Å². The van der Waals surface area contributed by atoms with E-state index in [0.717, 1.165) is 5.56 Å². The predicted octanol–water partition coefficient (Wildman–Crippen LogP) is 2.59. The van der Waals surface area contributed by atoms with Gasteiger partial charge in [0, 0.05) is 6.54 Å². The molecule has 1 aromatic carbocycles. The molecule has 3 rings (SSSR count). The van der Waals surface area contributed by atoms with E-state index in [1.807, 2.05) is 13.8 Å². The maximum Gasteiger partial charge on any atom is 0.274 e. The molecule has 0 saturated carbocycles. The second kappa shape index (κ2) is 7.30. The average Bonchev–Trinajstić information content (AvgIpc) is 3.21. The van der Waals surface area contributed by atoms with Crippen molar-refractivity contribution in [1.29, 1.82) is 0 Å². The van der Waals surface area contributed by atoms with Gasteiger partial charge in [-0.1, -0.05) is 48.3 Å². The second-order valence-corrected chi connectivity index (χ2v) is 6.61. The summed E-state index contributed by atoms with van der Waals surface area (Å²) in [6, 6.07) is 5.13. The molecule has 2 heterocycles. The van der Waals surface area contributed by atoms with Crippen LogP contribution < -0.4 is 11.1 Å². The van der Waals surface area contributed by atoms with Gasteiger partial charge in [-0.15, -0.1) is 5.10 Å². The number of rotatable bonds is 5. The van der Waals surface area contributed by atoms with Crippen molar-refractivity contribution in [3.05, 3.63) is 45.2 Å². The zero-order valence-electron chi connectivity index (χ0n) is 13.9. The highest BCUT2D eigenvalue weighted by atomic mass is 35.5. The Balaban J connectivity index is 1.84. The number of nitrogen functional groups attached to an aromatic ring is 1. The number of nitrogens with zero attached hydrogens (tertiary/aromatic N) is 5. The Morgan fingerprint density at radius 1 is 1.31 bits per heavy atom. The number of hydrogen-bond donors (Lipinski definition) is 2. The summed E-state index contributed by atoms with van der Waals surface area (Å²) in [4.78, 5) is 12.6. The van der Waals surface area contributed by atoms with Crippen molar-refractivity contribution >= 4 is 34.9 Å². The Kier molecular flexibility index (Phi) is 5.10. The number of carbonyl (C=O) groups excluding carboxylic acids is 1. The molecule has 0 aliphatic heterocycles. The van der Waals surface area contributed by atoms with Gasteiger partial charge in [-0.3, -0.25) is 4.79 Å². The Morgan fingerprint density at radius 3 is 2.69 bits per heavy atom. The lowest BCUT2D eigenvalue weighted by molar-refractivity contribution is 0.0944. The van der Waals surface area contributed by atoms with Gasteiger partial charge < -0.3 is 11.1 Å². The van der Waals surface area contributed by atoms with Crippen molar-refractivity contribution in [2.75, 3.05) is 5.73 Å². The molecule has 0 radical (unpaired) electrons. The van der Waals surface area contributed by atoms with E-state index in [0.29, 0.717) is 15.7 Å². The van der Waals surface area contributed by atoms with Gasteiger partial charge in [0.15, 0.2) is 5.69 Å². The fourth-order valence-corrected chi connectivity index (χ4v) is 2.70. The molecule has 0 fully saturated rings. The van der Waals surface area contributed by atoms with Crippen LogP contribution in [0.1, 0.15) is 41.5 Å². The zero-order valence-corrected chi connectivity index (χ0v) is 15.4. The standard InChI is InChI=1S/C15H15Cl2N7O2/c1-7(2)12-11(20-23-24(12)14-13(18)21-26-22-14)15(25)19-6-8-3-4-9(16)10(17)5-8/h3-5,7H,6H2,1-2H3,(H2,18,21)(H,19,25). The van der Waals surface area contributed by atoms with E-state index >= 15 is 0 Å². The predicted molar refractivity (Wildman–Crippen MR) is 95.3 cm³/mol. The van der Waals surface area contributed by atoms with Gasteiger partial charge in [0.2, 0.25) is 11.6 Å². The number of carbonyl (C=O) groups is 1. The van der Waals surface area contributed by atoms with Crippen molar-refractivity contribution in [3.8, 4) is 5.82 Å². The largest absolute Gasteiger partial charge is 0.378 e. The van der Waals surface area contributed by atoms with Crippen LogP contribution in [-0.2, 0) is 6.54 Å². The minimum atomic E-state index is -0.388. The summed E-state index contributed by atoms with van der Waals surface area (Å²) in [5.74, 6) is -0.225. The number of benzene rings is 1. The molecule has 136 valence electrons. The van der Waals surface area contributed by atoms with Crippen molar-refractivity contribution in [1.82, 2.24) is 30.6 Å². The highest BCUT2D eigenvalue weighted by molar-refractivity contribution is 6.42. The molecule has 1 amide bonds.